The molecule has 0 unspecified atom stereocenters. The van der Waals surface area contributed by atoms with Gasteiger partial charge in [0.2, 0.25) is 0 Å². The lowest BCUT2D eigenvalue weighted by atomic mass is 10.2. The fourth-order valence-electron chi connectivity index (χ4n) is 2.23. The lowest BCUT2D eigenvalue weighted by Crippen LogP contribution is -2.36. The number of thiazole rings is 1. The summed E-state index contributed by atoms with van der Waals surface area (Å²) in [6, 6.07) is 5.83. The molecule has 126 valence electrons. The Morgan fingerprint density at radius 3 is 2.83 bits per heavy atom. The number of fused-ring (bicyclic) bond motifs is 1. The SMILES string of the molecule is CN=C(NCc1nc(C(C)C)cs1)NCc1nnc2ccccn12. The normalized spacial score (nSPS) is 12.1. The minimum atomic E-state index is 0.452. The maximum absolute atomic E-state index is 4.61. The van der Waals surface area contributed by atoms with Gasteiger partial charge in [-0.3, -0.25) is 9.39 Å². The van der Waals surface area contributed by atoms with Crippen LogP contribution in [0.15, 0.2) is 34.8 Å². The Kier molecular flexibility index (Phi) is 5.05. The molecule has 0 amide bonds. The van der Waals surface area contributed by atoms with Crippen molar-refractivity contribution in [3.8, 4) is 0 Å². The van der Waals surface area contributed by atoms with Crippen LogP contribution in [-0.2, 0) is 13.1 Å². The third kappa shape index (κ3) is 3.70. The second kappa shape index (κ2) is 7.39. The van der Waals surface area contributed by atoms with Gasteiger partial charge in [-0.2, -0.15) is 0 Å². The van der Waals surface area contributed by atoms with Crippen LogP contribution in [0.5, 0.6) is 0 Å². The number of pyridine rings is 1. The monoisotopic (exact) mass is 343 g/mol. The minimum Gasteiger partial charge on any atom is -0.350 e. The molecule has 3 aromatic rings. The molecule has 3 aromatic heterocycles. The fourth-order valence-corrected chi connectivity index (χ4v) is 3.12. The van der Waals surface area contributed by atoms with Crippen molar-refractivity contribution in [2.75, 3.05) is 7.05 Å². The molecule has 0 radical (unpaired) electrons. The van der Waals surface area contributed by atoms with Crippen LogP contribution >= 0.6 is 11.3 Å². The molecule has 7 nitrogen and oxygen atoms in total. The lowest BCUT2D eigenvalue weighted by molar-refractivity contribution is 0.755. The van der Waals surface area contributed by atoms with E-state index in [1.807, 2.05) is 28.8 Å². The van der Waals surface area contributed by atoms with Crippen molar-refractivity contribution in [3.63, 3.8) is 0 Å². The lowest BCUT2D eigenvalue weighted by Gasteiger charge is -2.10. The van der Waals surface area contributed by atoms with Crippen LogP contribution in [0.4, 0.5) is 0 Å². The van der Waals surface area contributed by atoms with Gasteiger partial charge in [-0.15, -0.1) is 21.5 Å². The van der Waals surface area contributed by atoms with Gasteiger partial charge in [0.05, 0.1) is 18.8 Å². The minimum absolute atomic E-state index is 0.452. The van der Waals surface area contributed by atoms with Crippen LogP contribution in [0, 0.1) is 0 Å². The van der Waals surface area contributed by atoms with Gasteiger partial charge < -0.3 is 10.6 Å². The molecule has 3 rings (SSSR count). The molecule has 3 heterocycles. The first kappa shape index (κ1) is 16.4. The zero-order valence-corrected chi connectivity index (χ0v) is 14.8. The van der Waals surface area contributed by atoms with Crippen LogP contribution < -0.4 is 10.6 Å². The van der Waals surface area contributed by atoms with E-state index in [4.69, 9.17) is 0 Å². The molecule has 2 N–H and O–H groups in total. The Balaban J connectivity index is 1.57. The highest BCUT2D eigenvalue weighted by Gasteiger charge is 2.08. The number of guanidine groups is 1. The second-order valence-corrected chi connectivity index (χ2v) is 6.59. The Morgan fingerprint density at radius 2 is 2.08 bits per heavy atom. The van der Waals surface area contributed by atoms with Gasteiger partial charge in [-0.1, -0.05) is 19.9 Å². The Labute approximate surface area is 144 Å². The number of hydrogen-bond donors (Lipinski definition) is 2. The third-order valence-corrected chi connectivity index (χ3v) is 4.46. The van der Waals surface area contributed by atoms with Crippen molar-refractivity contribution in [3.05, 3.63) is 46.3 Å². The van der Waals surface area contributed by atoms with Crippen molar-refractivity contribution in [2.24, 2.45) is 4.99 Å². The van der Waals surface area contributed by atoms with Crippen LogP contribution in [0.3, 0.4) is 0 Å². The molecule has 0 aliphatic heterocycles. The summed E-state index contributed by atoms with van der Waals surface area (Å²) in [5.74, 6) is 2.00. The van der Waals surface area contributed by atoms with Crippen LogP contribution in [-0.4, -0.2) is 32.6 Å². The third-order valence-electron chi connectivity index (χ3n) is 3.59. The number of hydrogen-bond acceptors (Lipinski definition) is 5. The number of nitrogens with zero attached hydrogens (tertiary/aromatic N) is 5. The van der Waals surface area contributed by atoms with E-state index in [1.54, 1.807) is 18.4 Å². The fraction of sp³-hybridized carbons (Fsp3) is 0.375. The molecule has 0 spiro atoms. The van der Waals surface area contributed by atoms with Crippen molar-refractivity contribution >= 4 is 22.9 Å². The molecule has 8 heteroatoms. The highest BCUT2D eigenvalue weighted by atomic mass is 32.1. The maximum Gasteiger partial charge on any atom is 0.191 e. The zero-order chi connectivity index (χ0) is 16.9. The maximum atomic E-state index is 4.61. The predicted octanol–water partition coefficient (Wildman–Crippen LogP) is 2.17. The smallest absolute Gasteiger partial charge is 0.191 e. The van der Waals surface area contributed by atoms with E-state index < -0.39 is 0 Å². The molecule has 0 saturated heterocycles. The van der Waals surface area contributed by atoms with Gasteiger partial charge in [-0.05, 0) is 18.1 Å². The van der Waals surface area contributed by atoms with Gasteiger partial charge >= 0.3 is 0 Å². The number of nitrogens with one attached hydrogen (secondary N) is 2. The highest BCUT2D eigenvalue weighted by Crippen LogP contribution is 2.17. The summed E-state index contributed by atoms with van der Waals surface area (Å²) in [5.41, 5.74) is 1.97. The summed E-state index contributed by atoms with van der Waals surface area (Å²) in [7, 11) is 1.75. The van der Waals surface area contributed by atoms with Crippen LogP contribution in [0.2, 0.25) is 0 Å². The summed E-state index contributed by atoms with van der Waals surface area (Å²) in [5, 5.41) is 18.0. The molecule has 24 heavy (non-hydrogen) atoms. The van der Waals surface area contributed by atoms with E-state index in [-0.39, 0.29) is 0 Å². The summed E-state index contributed by atoms with van der Waals surface area (Å²) < 4.78 is 1.95. The second-order valence-electron chi connectivity index (χ2n) is 5.65. The quantitative estimate of drug-likeness (QED) is 0.548. The van der Waals surface area contributed by atoms with E-state index in [2.05, 4.69) is 50.0 Å². The number of aromatic nitrogens is 4. The summed E-state index contributed by atoms with van der Waals surface area (Å²) >= 11 is 1.67. The van der Waals surface area contributed by atoms with Crippen molar-refractivity contribution in [2.45, 2.75) is 32.9 Å². The highest BCUT2D eigenvalue weighted by molar-refractivity contribution is 7.09. The first-order chi connectivity index (χ1) is 11.7. The summed E-state index contributed by atoms with van der Waals surface area (Å²) in [6.45, 7) is 5.49. The molecule has 0 bridgehead atoms. The van der Waals surface area contributed by atoms with Crippen molar-refractivity contribution in [1.29, 1.82) is 0 Å². The average Bonchev–Trinajstić information content (AvgIpc) is 3.22. The predicted molar refractivity (Wildman–Crippen MR) is 96.2 cm³/mol. The van der Waals surface area contributed by atoms with E-state index in [0.717, 1.165) is 22.2 Å². The molecule has 0 atom stereocenters. The molecule has 0 saturated carbocycles. The standard InChI is InChI=1S/C16H21N7S/c1-11(2)12-10-24-15(20-12)9-19-16(17-3)18-8-14-22-21-13-6-4-5-7-23(13)14/h4-7,10-11H,8-9H2,1-3H3,(H2,17,18,19). The van der Waals surface area contributed by atoms with E-state index in [9.17, 15) is 0 Å². The van der Waals surface area contributed by atoms with E-state index >= 15 is 0 Å². The molecular weight excluding hydrogens is 322 g/mol. The number of aliphatic imine (C=N–C) groups is 1. The Bertz CT molecular complexity index is 834. The molecule has 0 fully saturated rings. The average molecular weight is 343 g/mol. The van der Waals surface area contributed by atoms with E-state index in [1.165, 1.54) is 0 Å². The van der Waals surface area contributed by atoms with Crippen molar-refractivity contribution < 1.29 is 0 Å². The molecule has 0 aliphatic rings. The van der Waals surface area contributed by atoms with Gasteiger partial charge in [0.1, 0.15) is 5.01 Å². The molecule has 0 aliphatic carbocycles. The first-order valence-corrected chi connectivity index (χ1v) is 8.73. The van der Waals surface area contributed by atoms with Crippen LogP contribution in [0.25, 0.3) is 5.65 Å². The first-order valence-electron chi connectivity index (χ1n) is 7.85. The Morgan fingerprint density at radius 1 is 1.25 bits per heavy atom. The summed E-state index contributed by atoms with van der Waals surface area (Å²) in [6.07, 6.45) is 1.95. The zero-order valence-electron chi connectivity index (χ0n) is 14.0. The van der Waals surface area contributed by atoms with Gasteiger partial charge in [0.25, 0.3) is 0 Å². The van der Waals surface area contributed by atoms with Crippen LogP contribution in [0.1, 0.15) is 36.3 Å². The number of rotatable bonds is 5. The van der Waals surface area contributed by atoms with Gasteiger partial charge in [-0.25, -0.2) is 4.98 Å². The molecule has 0 aromatic carbocycles. The molecular formula is C16H21N7S. The Hall–Kier alpha value is -2.48. The largest absolute Gasteiger partial charge is 0.350 e. The van der Waals surface area contributed by atoms with Gasteiger partial charge in [0.15, 0.2) is 17.4 Å². The summed E-state index contributed by atoms with van der Waals surface area (Å²) in [4.78, 5) is 8.85. The van der Waals surface area contributed by atoms with Gasteiger partial charge in [0, 0.05) is 18.6 Å². The topological polar surface area (TPSA) is 79.5 Å². The van der Waals surface area contributed by atoms with E-state index in [0.29, 0.717) is 25.0 Å². The van der Waals surface area contributed by atoms with Crippen molar-refractivity contribution in [1.82, 2.24) is 30.2 Å².